The normalized spacial score (nSPS) is 42.8. The number of hydrogen-bond donors (Lipinski definition) is 1. The van der Waals surface area contributed by atoms with Gasteiger partial charge in [0.1, 0.15) is 11.2 Å². The third kappa shape index (κ3) is 3.69. The summed E-state index contributed by atoms with van der Waals surface area (Å²) in [7, 11) is 0. The maximum atomic E-state index is 14.9. The van der Waals surface area contributed by atoms with Gasteiger partial charge in [0.2, 0.25) is 5.91 Å². The first-order valence-corrected chi connectivity index (χ1v) is 8.76. The number of hydrogen-bond acceptors (Lipinski definition) is 3. The molecule has 0 spiro atoms. The van der Waals surface area contributed by atoms with E-state index < -0.39 is 180 Å². The van der Waals surface area contributed by atoms with Crippen molar-refractivity contribution in [1.82, 2.24) is 4.90 Å². The molecule has 1 fully saturated rings. The minimum atomic E-state index is -4.99. The number of primary amides is 1. The van der Waals surface area contributed by atoms with E-state index in [1.54, 1.807) is 0 Å². The third-order valence-electron chi connectivity index (χ3n) is 4.36. The molecular weight excluding hydrogens is 396 g/mol. The molecule has 2 aliphatic rings. The Bertz CT molecular complexity index is 2340. The van der Waals surface area contributed by atoms with Gasteiger partial charge < -0.3 is 15.4 Å². The maximum Gasteiger partial charge on any atom is 0.232 e. The number of rotatable bonds is 7. The number of carbonyl (C=O) groups excluding carboxylic acids is 1. The fourth-order valence-corrected chi connectivity index (χ4v) is 2.95. The lowest BCUT2D eigenvalue weighted by molar-refractivity contribution is -0.123. The van der Waals surface area contributed by atoms with Gasteiger partial charge >= 0.3 is 0 Å². The van der Waals surface area contributed by atoms with E-state index in [0.717, 1.165) is 0 Å². The second-order valence-electron chi connectivity index (χ2n) is 6.13. The van der Waals surface area contributed by atoms with Gasteiger partial charge in [-0.25, -0.2) is 0 Å². The van der Waals surface area contributed by atoms with Crippen LogP contribution in [0.25, 0.3) is 0 Å². The highest BCUT2D eigenvalue weighted by atomic mass is 16.5. The molecule has 3 aromatic carbocycles. The third-order valence-corrected chi connectivity index (χ3v) is 4.36. The summed E-state index contributed by atoms with van der Waals surface area (Å²) in [5.41, 5.74) is -12.6. The molecule has 1 atom stereocenters. The Hall–Kier alpha value is -3.11. The highest BCUT2D eigenvalue weighted by molar-refractivity contribution is 5.91. The summed E-state index contributed by atoms with van der Waals surface area (Å²) in [5, 5.41) is 0. The molecule has 4 nitrogen and oxygen atoms in total. The molecule has 1 amide bonds. The van der Waals surface area contributed by atoms with E-state index in [4.69, 9.17) is 39.1 Å². The molecule has 1 saturated heterocycles. The zero-order valence-corrected chi connectivity index (χ0v) is 15.7. The number of carbonyl (C=O) groups is 1. The molecule has 0 radical (unpaired) electrons. The van der Waals surface area contributed by atoms with Gasteiger partial charge in [0.15, 0.2) is 2.82 Å². The van der Waals surface area contributed by atoms with Crippen LogP contribution in [-0.2, 0) is 23.0 Å². The van der Waals surface area contributed by atoms with Gasteiger partial charge in [-0.05, 0) is 53.4 Å². The van der Waals surface area contributed by atoms with E-state index in [1.165, 1.54) is 0 Å². The number of nitrogens with two attached hydrogens (primary N) is 1. The van der Waals surface area contributed by atoms with Gasteiger partial charge in [0, 0.05) is 37.2 Å². The standard InChI is InChI=1S/C28H30N2O2/c29-27(31)28(23-7-3-1-4-8-23,24-9-5-2-6-10-24)25-14-17-30(20-25)16-13-21-11-12-26-22(19-21)15-18-32-26/h1-12,19,25H,13-18,20H2,(H2,29,31)/t25-/m1/s1/i1D,2D,3D,4D,5D,6D,7D,8D,9D,10D,11D,12D,13D2,14D2,15D2,16D2,17D2,18D2,19D,20D2,25D/hD2. The second kappa shape index (κ2) is 8.79. The molecule has 2 heterocycles. The lowest BCUT2D eigenvalue weighted by Gasteiger charge is -2.37. The van der Waals surface area contributed by atoms with Gasteiger partial charge in [0.25, 0.3) is 0 Å². The van der Waals surface area contributed by atoms with E-state index in [-0.39, 0.29) is 0 Å². The SMILES string of the molecule is [2H]c1c([2H])c([2H])c(C(C(=O)N([2H])[2H])(c2c([2H])c([2H])c([2H])c([2H])c2[2H])[C@@]2([2H])C([2H])([2H])N(C([2H])([2H])C([2H])([2H])c3c([2H])c([2H])c4c(c3[2H])C([2H])([2H])C([2H])([2H])O4)C([2H])([2H])C2([2H])[2H])c([2H])c1[2H]. The topological polar surface area (TPSA) is 55.6 Å². The van der Waals surface area contributed by atoms with Crippen LogP contribution in [0.5, 0.6) is 5.75 Å². The van der Waals surface area contributed by atoms with E-state index in [9.17, 15) is 11.6 Å². The number of likely N-dealkylation sites (tertiary alicyclic amines) is 1. The molecule has 32 heavy (non-hydrogen) atoms. The molecule has 3 aromatic rings. The zero-order valence-electron chi connectivity index (χ0n) is 45.7. The van der Waals surface area contributed by atoms with E-state index in [0.29, 0.717) is 0 Å². The van der Waals surface area contributed by atoms with Crippen LogP contribution in [0.3, 0.4) is 0 Å². The first-order chi connectivity index (χ1) is 27.6. The van der Waals surface area contributed by atoms with Gasteiger partial charge in [-0.1, -0.05) is 72.5 Å². The molecule has 2 aliphatic heterocycles. The predicted octanol–water partition coefficient (Wildman–Crippen LogP) is 3.96. The Labute approximate surface area is 232 Å². The van der Waals surface area contributed by atoms with Crippen molar-refractivity contribution < 1.29 is 50.7 Å². The van der Waals surface area contributed by atoms with Crippen LogP contribution in [-0.4, -0.2) is 36.9 Å². The fraction of sp³-hybridized carbons (Fsp3) is 0.321. The molecule has 0 unspecified atom stereocenters. The van der Waals surface area contributed by atoms with Crippen molar-refractivity contribution >= 4 is 5.91 Å². The zero-order chi connectivity index (χ0) is 48.3. The average Bonchev–Trinajstić information content (AvgIpc) is 3.39. The minimum absolute atomic E-state index is 1.05. The van der Waals surface area contributed by atoms with Crippen molar-refractivity contribution in [1.29, 1.82) is 0 Å². The van der Waals surface area contributed by atoms with Crippen LogP contribution in [0, 0.1) is 5.89 Å². The molecule has 2 N–H and O–H groups in total. The summed E-state index contributed by atoms with van der Waals surface area (Å²) in [5.74, 6) is -8.76. The Balaban J connectivity index is 2.08. The van der Waals surface area contributed by atoms with Crippen LogP contribution < -0.4 is 10.5 Å². The molecule has 5 rings (SSSR count). The summed E-state index contributed by atoms with van der Waals surface area (Å²) >= 11 is 0. The quantitative estimate of drug-likeness (QED) is 0.585. The summed E-state index contributed by atoms with van der Waals surface area (Å²) in [6, 6.07) is -20.0. The molecule has 0 bridgehead atoms. The Morgan fingerprint density at radius 1 is 1.19 bits per heavy atom. The van der Waals surface area contributed by atoms with E-state index in [2.05, 4.69) is 0 Å². The van der Waals surface area contributed by atoms with Crippen LogP contribution >= 0.6 is 0 Å². The highest BCUT2D eigenvalue weighted by Gasteiger charge is 2.49. The van der Waals surface area contributed by atoms with Crippen LogP contribution in [0.15, 0.2) is 78.6 Å². The number of ether oxygens (including phenoxy) is 1. The highest BCUT2D eigenvalue weighted by Crippen LogP contribution is 2.43. The minimum Gasteiger partial charge on any atom is -0.493 e. The van der Waals surface area contributed by atoms with Gasteiger partial charge in [-0.2, -0.15) is 0 Å². The van der Waals surface area contributed by atoms with Crippen molar-refractivity contribution in [2.75, 3.05) is 26.0 Å². The summed E-state index contributed by atoms with van der Waals surface area (Å²) in [4.78, 5) is 13.8. The number of fused-ring (bicyclic) bond motifs is 1. The lowest BCUT2D eigenvalue weighted by Crippen LogP contribution is -2.49. The molecular formula is C28H30N2O2. The Morgan fingerprint density at radius 3 is 2.59 bits per heavy atom. The van der Waals surface area contributed by atoms with Gasteiger partial charge in [-0.15, -0.1) is 0 Å². The van der Waals surface area contributed by atoms with Crippen molar-refractivity contribution in [3.8, 4) is 5.75 Å². The fourth-order valence-electron chi connectivity index (χ4n) is 2.95. The molecule has 164 valence electrons. The average molecular weight is 457 g/mol. The summed E-state index contributed by atoms with van der Waals surface area (Å²) < 4.78 is 265. The number of amides is 1. The first-order valence-electron chi connectivity index (χ1n) is 23.7. The summed E-state index contributed by atoms with van der Waals surface area (Å²) in [6.45, 7) is -17.8. The number of benzene rings is 3. The Morgan fingerprint density at radius 2 is 1.91 bits per heavy atom. The monoisotopic (exact) mass is 456 g/mol. The smallest absolute Gasteiger partial charge is 0.232 e. The Kier molecular flexibility index (Phi) is 1.56. The van der Waals surface area contributed by atoms with Crippen LogP contribution in [0.1, 0.15) is 67.0 Å². The molecule has 0 aromatic heterocycles. The van der Waals surface area contributed by atoms with Crippen molar-refractivity contribution in [2.45, 2.75) is 24.5 Å². The summed E-state index contributed by atoms with van der Waals surface area (Å²) in [6.07, 6.45) is -12.7. The largest absolute Gasteiger partial charge is 0.493 e. The second-order valence-corrected chi connectivity index (χ2v) is 6.13. The molecule has 0 saturated carbocycles. The van der Waals surface area contributed by atoms with Gasteiger partial charge in [0.05, 0.1) is 27.1 Å². The van der Waals surface area contributed by atoms with Crippen molar-refractivity contribution in [2.24, 2.45) is 11.6 Å². The van der Waals surface area contributed by atoms with Crippen molar-refractivity contribution in [3.05, 3.63) is 101 Å². The molecule has 0 aliphatic carbocycles. The number of nitrogens with zero attached hydrogens (tertiary/aromatic N) is 1. The first kappa shape index (κ1) is 5.68. The molecule has 4 heteroatoms. The maximum absolute atomic E-state index is 14.9. The van der Waals surface area contributed by atoms with Crippen molar-refractivity contribution in [3.63, 3.8) is 0 Å². The van der Waals surface area contributed by atoms with Crippen LogP contribution in [0.4, 0.5) is 0 Å². The van der Waals surface area contributed by atoms with E-state index >= 15 is 0 Å². The lowest BCUT2D eigenvalue weighted by atomic mass is 9.64. The van der Waals surface area contributed by atoms with E-state index in [1.807, 2.05) is 0 Å². The van der Waals surface area contributed by atoms with Crippen LogP contribution in [0.2, 0.25) is 2.82 Å². The predicted molar refractivity (Wildman–Crippen MR) is 127 cm³/mol. The van der Waals surface area contributed by atoms with Gasteiger partial charge in [-0.3, -0.25) is 4.79 Å².